The van der Waals surface area contributed by atoms with Gasteiger partial charge in [0, 0.05) is 54.1 Å². The van der Waals surface area contributed by atoms with Crippen LogP contribution in [0.3, 0.4) is 0 Å². The van der Waals surface area contributed by atoms with Crippen LogP contribution in [0.1, 0.15) is 28.7 Å². The van der Waals surface area contributed by atoms with Crippen LogP contribution in [-0.2, 0) is 6.42 Å². The molecule has 4 heteroatoms. The fourth-order valence-corrected chi connectivity index (χ4v) is 7.08. The Balaban J connectivity index is 1.36. The number of anilines is 3. The van der Waals surface area contributed by atoms with E-state index in [1.54, 1.807) is 0 Å². The van der Waals surface area contributed by atoms with Crippen molar-refractivity contribution in [1.29, 1.82) is 0 Å². The second kappa shape index (κ2) is 8.89. The van der Waals surface area contributed by atoms with Gasteiger partial charge in [-0.15, -0.1) is 0 Å². The fraction of sp³-hybridized carbons (Fsp3) is 0.200. The summed E-state index contributed by atoms with van der Waals surface area (Å²) in [6.07, 6.45) is 4.72. The van der Waals surface area contributed by atoms with E-state index in [0.717, 1.165) is 25.9 Å². The Bertz CT molecular complexity index is 1640. The molecule has 0 aliphatic carbocycles. The SMILES string of the molecule is CN1CCC2=C(C1)c1ccccc1N1c3ccccc3CC1N2[C@@H]1C=C(c2ccccc2)c2ccccc2N1. The smallest absolute Gasteiger partial charge is 0.121 e. The van der Waals surface area contributed by atoms with Gasteiger partial charge < -0.3 is 20.0 Å². The van der Waals surface area contributed by atoms with Gasteiger partial charge in [-0.05, 0) is 53.6 Å². The molecule has 0 amide bonds. The average molecular weight is 509 g/mol. The predicted molar refractivity (Wildman–Crippen MR) is 161 cm³/mol. The molecule has 0 radical (unpaired) electrons. The highest BCUT2D eigenvalue weighted by molar-refractivity contribution is 5.90. The molecule has 4 aliphatic heterocycles. The number of likely N-dealkylation sites (N-methyl/N-ethyl adjacent to an activating group) is 1. The molecule has 0 saturated carbocycles. The maximum Gasteiger partial charge on any atom is 0.121 e. The summed E-state index contributed by atoms with van der Waals surface area (Å²) in [5, 5.41) is 3.98. The molecule has 1 unspecified atom stereocenters. The summed E-state index contributed by atoms with van der Waals surface area (Å²) in [7, 11) is 2.25. The van der Waals surface area contributed by atoms with Crippen molar-refractivity contribution >= 4 is 28.2 Å². The molecule has 1 N–H and O–H groups in total. The van der Waals surface area contributed by atoms with Crippen LogP contribution in [0.5, 0.6) is 0 Å². The van der Waals surface area contributed by atoms with Crippen molar-refractivity contribution in [3.05, 3.63) is 137 Å². The maximum atomic E-state index is 3.98. The van der Waals surface area contributed by atoms with Gasteiger partial charge in [0.1, 0.15) is 12.3 Å². The quantitative estimate of drug-likeness (QED) is 0.316. The maximum absolute atomic E-state index is 3.98. The summed E-state index contributed by atoms with van der Waals surface area (Å²) >= 11 is 0. The summed E-state index contributed by atoms with van der Waals surface area (Å²) < 4.78 is 0. The molecule has 0 saturated heterocycles. The predicted octanol–water partition coefficient (Wildman–Crippen LogP) is 6.95. The minimum absolute atomic E-state index is 0.0274. The molecule has 2 atom stereocenters. The first kappa shape index (κ1) is 22.7. The standard InChI is InChI=1S/C35H32N4/c1-37-20-19-33-29(23-37)27-15-7-10-18-32(27)38-31-17-9-5-13-25(31)21-35(38)39(33)34-22-28(24-11-3-2-4-12-24)26-14-6-8-16-30(26)36-34/h2-18,22,34-36H,19-21,23H2,1H3/t34-,35?/m1/s1. The first-order valence-electron chi connectivity index (χ1n) is 14.0. The molecule has 39 heavy (non-hydrogen) atoms. The van der Waals surface area contributed by atoms with Gasteiger partial charge >= 0.3 is 0 Å². The lowest BCUT2D eigenvalue weighted by atomic mass is 9.91. The third-order valence-corrected chi connectivity index (χ3v) is 8.81. The number of rotatable bonds is 2. The van der Waals surface area contributed by atoms with E-state index in [4.69, 9.17) is 0 Å². The molecule has 0 spiro atoms. The lowest BCUT2D eigenvalue weighted by molar-refractivity contribution is 0.215. The lowest BCUT2D eigenvalue weighted by Gasteiger charge is -2.45. The number of para-hydroxylation sites is 3. The molecular formula is C35H32N4. The molecule has 0 aromatic heterocycles. The minimum Gasteiger partial charge on any atom is -0.361 e. The van der Waals surface area contributed by atoms with E-state index >= 15 is 0 Å². The summed E-state index contributed by atoms with van der Waals surface area (Å²) in [5.41, 5.74) is 13.4. The zero-order chi connectivity index (χ0) is 25.9. The number of hydrogen-bond acceptors (Lipinski definition) is 4. The Hall–Kier alpha value is -4.28. The van der Waals surface area contributed by atoms with E-state index in [0.29, 0.717) is 0 Å². The van der Waals surface area contributed by atoms with Crippen molar-refractivity contribution < 1.29 is 0 Å². The third kappa shape index (κ3) is 3.55. The van der Waals surface area contributed by atoms with Gasteiger partial charge in [-0.2, -0.15) is 0 Å². The molecule has 4 aromatic rings. The van der Waals surface area contributed by atoms with Gasteiger partial charge in [-0.1, -0.05) is 84.9 Å². The van der Waals surface area contributed by atoms with Crippen molar-refractivity contribution in [3.63, 3.8) is 0 Å². The van der Waals surface area contributed by atoms with Crippen LogP contribution in [0, 0.1) is 0 Å². The van der Waals surface area contributed by atoms with Crippen molar-refractivity contribution in [1.82, 2.24) is 9.80 Å². The van der Waals surface area contributed by atoms with E-state index in [-0.39, 0.29) is 12.3 Å². The van der Waals surface area contributed by atoms with Crippen LogP contribution in [-0.4, -0.2) is 42.3 Å². The second-order valence-corrected chi connectivity index (χ2v) is 11.1. The number of benzene rings is 4. The van der Waals surface area contributed by atoms with Crippen LogP contribution >= 0.6 is 0 Å². The molecule has 4 heterocycles. The van der Waals surface area contributed by atoms with E-state index < -0.39 is 0 Å². The van der Waals surface area contributed by atoms with Crippen molar-refractivity contribution in [2.24, 2.45) is 0 Å². The fourth-order valence-electron chi connectivity index (χ4n) is 7.08. The Morgan fingerprint density at radius 2 is 1.46 bits per heavy atom. The van der Waals surface area contributed by atoms with Gasteiger partial charge in [0.05, 0.1) is 5.69 Å². The molecule has 4 nitrogen and oxygen atoms in total. The van der Waals surface area contributed by atoms with Crippen molar-refractivity contribution in [3.8, 4) is 0 Å². The Morgan fingerprint density at radius 1 is 0.744 bits per heavy atom. The highest BCUT2D eigenvalue weighted by Crippen LogP contribution is 2.49. The molecule has 4 aliphatic rings. The van der Waals surface area contributed by atoms with E-state index in [9.17, 15) is 0 Å². The molecular weight excluding hydrogens is 476 g/mol. The topological polar surface area (TPSA) is 21.8 Å². The van der Waals surface area contributed by atoms with Gasteiger partial charge in [-0.3, -0.25) is 0 Å². The summed E-state index contributed by atoms with van der Waals surface area (Å²) in [6.45, 7) is 2.03. The Morgan fingerprint density at radius 3 is 2.33 bits per heavy atom. The van der Waals surface area contributed by atoms with Crippen LogP contribution in [0.15, 0.2) is 115 Å². The lowest BCUT2D eigenvalue weighted by Crippen LogP contribution is -2.52. The number of nitrogens with zero attached hydrogens (tertiary/aromatic N) is 3. The van der Waals surface area contributed by atoms with E-state index in [2.05, 4.69) is 136 Å². The summed E-state index contributed by atoms with van der Waals surface area (Å²) in [4.78, 5) is 7.80. The van der Waals surface area contributed by atoms with Gasteiger partial charge in [-0.25, -0.2) is 0 Å². The number of nitrogens with one attached hydrogen (secondary N) is 1. The van der Waals surface area contributed by atoms with E-state index in [1.807, 2.05) is 0 Å². The van der Waals surface area contributed by atoms with Gasteiger partial charge in [0.15, 0.2) is 0 Å². The largest absolute Gasteiger partial charge is 0.361 e. The van der Waals surface area contributed by atoms with Crippen LogP contribution in [0.25, 0.3) is 11.1 Å². The second-order valence-electron chi connectivity index (χ2n) is 11.1. The van der Waals surface area contributed by atoms with Crippen LogP contribution in [0.2, 0.25) is 0 Å². The van der Waals surface area contributed by atoms with Gasteiger partial charge in [0.25, 0.3) is 0 Å². The third-order valence-electron chi connectivity index (χ3n) is 8.81. The van der Waals surface area contributed by atoms with Gasteiger partial charge in [0.2, 0.25) is 0 Å². The summed E-state index contributed by atoms with van der Waals surface area (Å²) in [6, 6.07) is 37.7. The van der Waals surface area contributed by atoms with E-state index in [1.165, 1.54) is 56.2 Å². The highest BCUT2D eigenvalue weighted by Gasteiger charge is 2.43. The molecule has 0 bridgehead atoms. The normalized spacial score (nSPS) is 21.6. The molecule has 0 fully saturated rings. The zero-order valence-electron chi connectivity index (χ0n) is 22.2. The Labute approximate surface area is 230 Å². The van der Waals surface area contributed by atoms with Crippen molar-refractivity contribution in [2.45, 2.75) is 25.2 Å². The average Bonchev–Trinajstić information content (AvgIpc) is 3.32. The molecule has 8 rings (SSSR count). The molecule has 4 aromatic carbocycles. The highest BCUT2D eigenvalue weighted by atomic mass is 15.4. The Kier molecular flexibility index (Phi) is 5.17. The molecule has 192 valence electrons. The first-order valence-corrected chi connectivity index (χ1v) is 14.0. The first-order chi connectivity index (χ1) is 19.3. The zero-order valence-corrected chi connectivity index (χ0v) is 22.2. The summed E-state index contributed by atoms with van der Waals surface area (Å²) in [5.74, 6) is 0. The minimum atomic E-state index is 0.0274. The number of hydrogen-bond donors (Lipinski definition) is 1. The van der Waals surface area contributed by atoms with Crippen LogP contribution in [0.4, 0.5) is 17.1 Å². The number of fused-ring (bicyclic) bond motifs is 7. The van der Waals surface area contributed by atoms with Crippen LogP contribution < -0.4 is 10.2 Å². The van der Waals surface area contributed by atoms with Crippen molar-refractivity contribution in [2.75, 3.05) is 30.4 Å². The monoisotopic (exact) mass is 508 g/mol.